The summed E-state index contributed by atoms with van der Waals surface area (Å²) in [5.74, 6) is 0. The molecule has 0 saturated heterocycles. The Balaban J connectivity index is 2.21. The minimum Gasteiger partial charge on any atom is -0.311 e. The van der Waals surface area contributed by atoms with Gasteiger partial charge in [0.1, 0.15) is 0 Å². The molecule has 0 aliphatic carbocycles. The van der Waals surface area contributed by atoms with Crippen molar-refractivity contribution in [3.05, 3.63) is 16.6 Å². The van der Waals surface area contributed by atoms with E-state index in [9.17, 15) is 0 Å². The Hall–Kier alpha value is -0.920. The molecule has 0 aliphatic heterocycles. The number of hydrogen-bond donors (Lipinski definition) is 1. The van der Waals surface area contributed by atoms with Crippen LogP contribution in [0.1, 0.15) is 32.4 Å². The first-order valence-corrected chi connectivity index (χ1v) is 6.03. The number of nitrogens with one attached hydrogen (secondary N) is 1. The molecule has 0 unspecified atom stereocenters. The summed E-state index contributed by atoms with van der Waals surface area (Å²) in [5, 5.41) is 13.9. The number of hydrogen-bond acceptors (Lipinski definition) is 4. The molecule has 0 bridgehead atoms. The van der Waals surface area contributed by atoms with Crippen molar-refractivity contribution in [3.63, 3.8) is 0 Å². The highest BCUT2D eigenvalue weighted by Crippen LogP contribution is 2.20. The van der Waals surface area contributed by atoms with Crippen molar-refractivity contribution in [1.82, 2.24) is 10.3 Å². The van der Waals surface area contributed by atoms with E-state index in [0.29, 0.717) is 6.42 Å². The molecule has 1 rings (SSSR count). The van der Waals surface area contributed by atoms with Crippen LogP contribution in [0.25, 0.3) is 0 Å². The first-order chi connectivity index (χ1) is 7.14. The molecule has 82 valence electrons. The van der Waals surface area contributed by atoms with E-state index in [1.807, 2.05) is 5.51 Å². The Kier molecular flexibility index (Phi) is 4.73. The van der Waals surface area contributed by atoms with Gasteiger partial charge in [-0.2, -0.15) is 5.26 Å². The monoisotopic (exact) mass is 223 g/mol. The van der Waals surface area contributed by atoms with E-state index in [0.717, 1.165) is 25.2 Å². The lowest BCUT2D eigenvalue weighted by Gasteiger charge is -2.23. The summed E-state index contributed by atoms with van der Waals surface area (Å²) in [5.41, 5.74) is 3.12. The van der Waals surface area contributed by atoms with Gasteiger partial charge in [-0.15, -0.1) is 11.3 Å². The van der Waals surface area contributed by atoms with E-state index in [-0.39, 0.29) is 5.41 Å². The van der Waals surface area contributed by atoms with Gasteiger partial charge in [-0.1, -0.05) is 13.8 Å². The Morgan fingerprint density at radius 2 is 2.40 bits per heavy atom. The summed E-state index contributed by atoms with van der Waals surface area (Å²) in [4.78, 5) is 4.20. The fourth-order valence-corrected chi connectivity index (χ4v) is 1.89. The van der Waals surface area contributed by atoms with Crippen LogP contribution < -0.4 is 5.32 Å². The second kappa shape index (κ2) is 5.84. The molecule has 3 nitrogen and oxygen atoms in total. The van der Waals surface area contributed by atoms with Crippen LogP contribution >= 0.6 is 11.3 Å². The zero-order valence-corrected chi connectivity index (χ0v) is 10.1. The fourth-order valence-electron chi connectivity index (χ4n) is 1.34. The van der Waals surface area contributed by atoms with E-state index in [4.69, 9.17) is 5.26 Å². The first-order valence-electron chi connectivity index (χ1n) is 5.09. The predicted octanol–water partition coefficient (Wildman–Crippen LogP) is 2.56. The van der Waals surface area contributed by atoms with Gasteiger partial charge in [0, 0.05) is 24.9 Å². The molecule has 1 aromatic heterocycles. The van der Waals surface area contributed by atoms with Gasteiger partial charge < -0.3 is 5.32 Å². The molecule has 0 fully saturated rings. The molecule has 0 aliphatic rings. The zero-order chi connectivity index (χ0) is 11.1. The third kappa shape index (κ3) is 4.91. The Labute approximate surface area is 95.2 Å². The van der Waals surface area contributed by atoms with Gasteiger partial charge in [0.15, 0.2) is 0 Å². The van der Waals surface area contributed by atoms with Crippen molar-refractivity contribution in [2.24, 2.45) is 5.41 Å². The molecule has 0 aromatic carbocycles. The second-order valence-electron chi connectivity index (χ2n) is 4.41. The first kappa shape index (κ1) is 12.2. The molecular formula is C11H17N3S. The highest BCUT2D eigenvalue weighted by Gasteiger charge is 2.16. The molecule has 0 amide bonds. The Bertz CT molecular complexity index is 311. The summed E-state index contributed by atoms with van der Waals surface area (Å²) in [6, 6.07) is 2.19. The van der Waals surface area contributed by atoms with Gasteiger partial charge in [-0.25, -0.2) is 4.98 Å². The van der Waals surface area contributed by atoms with Crippen LogP contribution in [0.2, 0.25) is 0 Å². The van der Waals surface area contributed by atoms with Crippen molar-refractivity contribution < 1.29 is 0 Å². The fraction of sp³-hybridized carbons (Fsp3) is 0.636. The normalized spacial score (nSPS) is 11.3. The highest BCUT2D eigenvalue weighted by molar-refractivity contribution is 7.07. The van der Waals surface area contributed by atoms with Crippen molar-refractivity contribution >= 4 is 11.3 Å². The Morgan fingerprint density at radius 3 is 3.00 bits per heavy atom. The standard InChI is InChI=1S/C11H17N3S/c1-11(2,4-3-5-12)8-13-6-10-7-15-9-14-10/h7,9,13H,3-4,6,8H2,1-2H3. The summed E-state index contributed by atoms with van der Waals surface area (Å²) in [6.45, 7) is 6.10. The molecule has 0 spiro atoms. The summed E-state index contributed by atoms with van der Waals surface area (Å²) < 4.78 is 0. The van der Waals surface area contributed by atoms with Crippen molar-refractivity contribution in [2.45, 2.75) is 33.2 Å². The lowest BCUT2D eigenvalue weighted by Crippen LogP contribution is -2.29. The SMILES string of the molecule is CC(C)(CCC#N)CNCc1cscn1. The molecule has 0 atom stereocenters. The molecule has 1 heterocycles. The number of nitriles is 1. The molecule has 0 saturated carbocycles. The van der Waals surface area contributed by atoms with Crippen LogP contribution in [0.5, 0.6) is 0 Å². The zero-order valence-electron chi connectivity index (χ0n) is 9.29. The van der Waals surface area contributed by atoms with Crippen LogP contribution in [-0.2, 0) is 6.54 Å². The van der Waals surface area contributed by atoms with Gasteiger partial charge in [-0.05, 0) is 11.8 Å². The summed E-state index contributed by atoms with van der Waals surface area (Å²) >= 11 is 1.62. The van der Waals surface area contributed by atoms with Crippen LogP contribution in [0.4, 0.5) is 0 Å². The molecule has 1 aromatic rings. The summed E-state index contributed by atoms with van der Waals surface area (Å²) in [7, 11) is 0. The molecule has 1 N–H and O–H groups in total. The maximum atomic E-state index is 8.53. The van der Waals surface area contributed by atoms with Crippen molar-refractivity contribution in [1.29, 1.82) is 5.26 Å². The Morgan fingerprint density at radius 1 is 1.60 bits per heavy atom. The van der Waals surface area contributed by atoms with Crippen molar-refractivity contribution in [2.75, 3.05) is 6.54 Å². The van der Waals surface area contributed by atoms with Crippen molar-refractivity contribution in [3.8, 4) is 6.07 Å². The van der Waals surface area contributed by atoms with Gasteiger partial charge in [-0.3, -0.25) is 0 Å². The minimum absolute atomic E-state index is 0.186. The summed E-state index contributed by atoms with van der Waals surface area (Å²) in [6.07, 6.45) is 1.57. The second-order valence-corrected chi connectivity index (χ2v) is 5.12. The highest BCUT2D eigenvalue weighted by atomic mass is 32.1. The van der Waals surface area contributed by atoms with Crippen LogP contribution in [0.15, 0.2) is 10.9 Å². The smallest absolute Gasteiger partial charge is 0.0795 e. The van der Waals surface area contributed by atoms with E-state index in [1.165, 1.54) is 0 Å². The third-order valence-electron chi connectivity index (χ3n) is 2.31. The number of rotatable bonds is 6. The molecule has 15 heavy (non-hydrogen) atoms. The van der Waals surface area contributed by atoms with Gasteiger partial charge in [0.05, 0.1) is 17.3 Å². The lowest BCUT2D eigenvalue weighted by atomic mass is 9.88. The van der Waals surface area contributed by atoms with E-state index >= 15 is 0 Å². The lowest BCUT2D eigenvalue weighted by molar-refractivity contribution is 0.317. The third-order valence-corrected chi connectivity index (χ3v) is 2.94. The predicted molar refractivity (Wildman–Crippen MR) is 62.4 cm³/mol. The molecular weight excluding hydrogens is 206 g/mol. The van der Waals surface area contributed by atoms with Gasteiger partial charge in [0.2, 0.25) is 0 Å². The number of aromatic nitrogens is 1. The largest absolute Gasteiger partial charge is 0.311 e. The average molecular weight is 223 g/mol. The van der Waals surface area contributed by atoms with Gasteiger partial charge >= 0.3 is 0 Å². The maximum absolute atomic E-state index is 8.53. The quantitative estimate of drug-likeness (QED) is 0.806. The number of nitrogens with zero attached hydrogens (tertiary/aromatic N) is 2. The molecule has 0 radical (unpaired) electrons. The van der Waals surface area contributed by atoms with Gasteiger partial charge in [0.25, 0.3) is 0 Å². The average Bonchev–Trinajstić information content (AvgIpc) is 2.67. The van der Waals surface area contributed by atoms with Crippen LogP contribution in [0.3, 0.4) is 0 Å². The van der Waals surface area contributed by atoms with Crippen LogP contribution in [0, 0.1) is 16.7 Å². The maximum Gasteiger partial charge on any atom is 0.0795 e. The topological polar surface area (TPSA) is 48.7 Å². The van der Waals surface area contributed by atoms with Crippen LogP contribution in [-0.4, -0.2) is 11.5 Å². The minimum atomic E-state index is 0.186. The van der Waals surface area contributed by atoms with E-state index < -0.39 is 0 Å². The van der Waals surface area contributed by atoms with E-state index in [1.54, 1.807) is 11.3 Å². The molecule has 4 heteroatoms. The van der Waals surface area contributed by atoms with E-state index in [2.05, 4.69) is 35.6 Å². The number of thiazole rings is 1.